The van der Waals surface area contributed by atoms with Gasteiger partial charge in [0.2, 0.25) is 0 Å². The lowest BCUT2D eigenvalue weighted by Crippen LogP contribution is -2.45. The molecule has 0 aliphatic heterocycles. The van der Waals surface area contributed by atoms with Gasteiger partial charge in [-0.15, -0.1) is 0 Å². The molecule has 0 bridgehead atoms. The third-order valence-electron chi connectivity index (χ3n) is 4.32. The van der Waals surface area contributed by atoms with Crippen molar-refractivity contribution in [2.45, 2.75) is 39.8 Å². The van der Waals surface area contributed by atoms with E-state index in [1.807, 2.05) is 61.5 Å². The molecule has 0 aliphatic rings. The van der Waals surface area contributed by atoms with E-state index in [0.29, 0.717) is 12.3 Å². The number of carbonyl (C=O) groups excluding carboxylic acids is 2. The van der Waals surface area contributed by atoms with Gasteiger partial charge in [-0.05, 0) is 37.5 Å². The van der Waals surface area contributed by atoms with Crippen LogP contribution in [-0.2, 0) is 27.3 Å². The quantitative estimate of drug-likeness (QED) is 0.634. The molecule has 144 valence electrons. The average molecular weight is 369 g/mol. The molecule has 27 heavy (non-hydrogen) atoms. The van der Waals surface area contributed by atoms with Crippen LogP contribution < -0.4 is 4.74 Å². The van der Waals surface area contributed by atoms with Crippen LogP contribution >= 0.6 is 0 Å². The zero-order valence-corrected chi connectivity index (χ0v) is 16.2. The number of esters is 1. The monoisotopic (exact) mass is 369 g/mol. The molecular weight excluding hydrogens is 342 g/mol. The molecule has 2 aromatic carbocycles. The first-order valence-corrected chi connectivity index (χ1v) is 9.27. The summed E-state index contributed by atoms with van der Waals surface area (Å²) in [7, 11) is 0. The van der Waals surface area contributed by atoms with Crippen molar-refractivity contribution in [3.8, 4) is 5.75 Å². The van der Waals surface area contributed by atoms with Gasteiger partial charge < -0.3 is 14.4 Å². The fraction of sp³-hybridized carbons (Fsp3) is 0.364. The lowest BCUT2D eigenvalue weighted by molar-refractivity contribution is -0.155. The van der Waals surface area contributed by atoms with Crippen molar-refractivity contribution in [3.05, 3.63) is 65.7 Å². The molecule has 0 heterocycles. The number of rotatable bonds is 9. The minimum atomic E-state index is -0.692. The van der Waals surface area contributed by atoms with Crippen LogP contribution in [0.1, 0.15) is 31.9 Å². The van der Waals surface area contributed by atoms with Gasteiger partial charge in [-0.25, -0.2) is 4.79 Å². The zero-order chi connectivity index (χ0) is 19.6. The Kier molecular flexibility index (Phi) is 7.86. The van der Waals surface area contributed by atoms with Crippen molar-refractivity contribution < 1.29 is 19.1 Å². The van der Waals surface area contributed by atoms with Gasteiger partial charge in [0.25, 0.3) is 5.91 Å². The summed E-state index contributed by atoms with van der Waals surface area (Å²) in [6.07, 6.45) is 0.817. The van der Waals surface area contributed by atoms with Gasteiger partial charge in [0.05, 0.1) is 6.61 Å². The molecule has 0 N–H and O–H groups in total. The van der Waals surface area contributed by atoms with E-state index in [4.69, 9.17) is 9.47 Å². The highest BCUT2D eigenvalue weighted by Gasteiger charge is 2.27. The third kappa shape index (κ3) is 5.84. The maximum absolute atomic E-state index is 12.9. The summed E-state index contributed by atoms with van der Waals surface area (Å²) in [4.78, 5) is 26.6. The van der Waals surface area contributed by atoms with Gasteiger partial charge in [0.1, 0.15) is 11.8 Å². The molecule has 0 radical (unpaired) electrons. The van der Waals surface area contributed by atoms with Crippen LogP contribution in [0, 0.1) is 0 Å². The van der Waals surface area contributed by atoms with E-state index in [1.54, 1.807) is 13.8 Å². The van der Waals surface area contributed by atoms with Gasteiger partial charge in [-0.2, -0.15) is 0 Å². The fourth-order valence-corrected chi connectivity index (χ4v) is 2.77. The first-order valence-electron chi connectivity index (χ1n) is 9.27. The van der Waals surface area contributed by atoms with Gasteiger partial charge in [-0.1, -0.05) is 55.5 Å². The summed E-state index contributed by atoms with van der Waals surface area (Å²) in [6.45, 7) is 5.93. The van der Waals surface area contributed by atoms with Gasteiger partial charge >= 0.3 is 5.97 Å². The molecule has 1 atom stereocenters. The normalized spacial score (nSPS) is 11.5. The summed E-state index contributed by atoms with van der Waals surface area (Å²) in [6, 6.07) is 16.5. The molecule has 5 heteroatoms. The Labute approximate surface area is 160 Å². The second kappa shape index (κ2) is 10.4. The van der Waals surface area contributed by atoms with E-state index < -0.39 is 12.0 Å². The molecule has 5 nitrogen and oxygen atoms in total. The Hall–Kier alpha value is -2.82. The molecule has 0 fully saturated rings. The van der Waals surface area contributed by atoms with E-state index in [0.717, 1.165) is 17.5 Å². The molecule has 2 rings (SSSR count). The average Bonchev–Trinajstić information content (AvgIpc) is 2.70. The van der Waals surface area contributed by atoms with E-state index in [2.05, 4.69) is 0 Å². The first-order chi connectivity index (χ1) is 13.1. The van der Waals surface area contributed by atoms with Crippen LogP contribution in [0.3, 0.4) is 0 Å². The Morgan fingerprint density at radius 1 is 1.00 bits per heavy atom. The molecule has 2 aromatic rings. The predicted octanol–water partition coefficient (Wildman–Crippen LogP) is 3.61. The molecule has 1 unspecified atom stereocenters. The van der Waals surface area contributed by atoms with Crippen molar-refractivity contribution in [3.63, 3.8) is 0 Å². The number of carbonyl (C=O) groups is 2. The smallest absolute Gasteiger partial charge is 0.328 e. The molecule has 0 spiro atoms. The van der Waals surface area contributed by atoms with Crippen LogP contribution in [-0.4, -0.2) is 36.0 Å². The van der Waals surface area contributed by atoms with E-state index in [1.165, 1.54) is 4.90 Å². The number of para-hydroxylation sites is 1. The number of benzene rings is 2. The van der Waals surface area contributed by atoms with Gasteiger partial charge in [0.15, 0.2) is 6.61 Å². The number of aryl methyl sites for hydroxylation is 1. The molecule has 0 aromatic heterocycles. The summed E-state index contributed by atoms with van der Waals surface area (Å²) in [5.41, 5.74) is 1.98. The zero-order valence-electron chi connectivity index (χ0n) is 16.2. The lowest BCUT2D eigenvalue weighted by atomic mass is 10.1. The molecule has 1 amide bonds. The van der Waals surface area contributed by atoms with E-state index >= 15 is 0 Å². The highest BCUT2D eigenvalue weighted by molar-refractivity contribution is 5.85. The number of hydrogen-bond donors (Lipinski definition) is 0. The summed E-state index contributed by atoms with van der Waals surface area (Å²) >= 11 is 0. The summed E-state index contributed by atoms with van der Waals surface area (Å²) in [5.74, 6) is 0.0119. The number of nitrogens with zero attached hydrogens (tertiary/aromatic N) is 1. The second-order valence-corrected chi connectivity index (χ2v) is 6.19. The molecule has 0 saturated heterocycles. The first kappa shape index (κ1) is 20.5. The van der Waals surface area contributed by atoms with Crippen LogP contribution in [0.2, 0.25) is 0 Å². The fourth-order valence-electron chi connectivity index (χ4n) is 2.77. The van der Waals surface area contributed by atoms with E-state index in [-0.39, 0.29) is 19.1 Å². The Balaban J connectivity index is 2.13. The number of amides is 1. The minimum absolute atomic E-state index is 0.131. The van der Waals surface area contributed by atoms with Crippen molar-refractivity contribution in [2.24, 2.45) is 0 Å². The Bertz CT molecular complexity index is 745. The van der Waals surface area contributed by atoms with Crippen LogP contribution in [0.5, 0.6) is 5.75 Å². The molecular formula is C22H27NO4. The van der Waals surface area contributed by atoms with E-state index in [9.17, 15) is 9.59 Å². The topological polar surface area (TPSA) is 55.8 Å². The maximum atomic E-state index is 12.9. The largest absolute Gasteiger partial charge is 0.483 e. The standard InChI is InChI=1S/C22H27NO4/c1-4-19-13-9-10-14-20(19)27-16-21(24)23(17(3)22(25)26-5-2)15-18-11-7-6-8-12-18/h6-14,17H,4-5,15-16H2,1-3H3. The summed E-state index contributed by atoms with van der Waals surface area (Å²) in [5, 5.41) is 0. The SMILES string of the molecule is CCOC(=O)C(C)N(Cc1ccccc1)C(=O)COc1ccccc1CC. The van der Waals surface area contributed by atoms with Crippen molar-refractivity contribution >= 4 is 11.9 Å². The maximum Gasteiger partial charge on any atom is 0.328 e. The minimum Gasteiger partial charge on any atom is -0.483 e. The number of ether oxygens (including phenoxy) is 2. The number of hydrogen-bond acceptors (Lipinski definition) is 4. The van der Waals surface area contributed by atoms with Crippen LogP contribution in [0.4, 0.5) is 0 Å². The van der Waals surface area contributed by atoms with Crippen molar-refractivity contribution in [1.29, 1.82) is 0 Å². The van der Waals surface area contributed by atoms with Crippen molar-refractivity contribution in [2.75, 3.05) is 13.2 Å². The highest BCUT2D eigenvalue weighted by Crippen LogP contribution is 2.19. The Morgan fingerprint density at radius 2 is 1.67 bits per heavy atom. The second-order valence-electron chi connectivity index (χ2n) is 6.19. The summed E-state index contributed by atoms with van der Waals surface area (Å²) < 4.78 is 10.9. The molecule has 0 saturated carbocycles. The van der Waals surface area contributed by atoms with Crippen LogP contribution in [0.15, 0.2) is 54.6 Å². The highest BCUT2D eigenvalue weighted by atomic mass is 16.5. The van der Waals surface area contributed by atoms with Crippen molar-refractivity contribution in [1.82, 2.24) is 4.90 Å². The van der Waals surface area contributed by atoms with Gasteiger partial charge in [0, 0.05) is 6.54 Å². The lowest BCUT2D eigenvalue weighted by Gasteiger charge is -2.28. The predicted molar refractivity (Wildman–Crippen MR) is 104 cm³/mol. The van der Waals surface area contributed by atoms with Crippen LogP contribution in [0.25, 0.3) is 0 Å². The van der Waals surface area contributed by atoms with Gasteiger partial charge in [-0.3, -0.25) is 4.79 Å². The Morgan fingerprint density at radius 3 is 2.33 bits per heavy atom. The third-order valence-corrected chi connectivity index (χ3v) is 4.32. The molecule has 0 aliphatic carbocycles.